The van der Waals surface area contributed by atoms with Crippen LogP contribution in [0, 0.1) is 0 Å². The highest BCUT2D eigenvalue weighted by Gasteiger charge is 1.99. The van der Waals surface area contributed by atoms with Crippen molar-refractivity contribution in [2.24, 2.45) is 0 Å². The van der Waals surface area contributed by atoms with Gasteiger partial charge >= 0.3 is 0 Å². The first-order valence-electron chi connectivity index (χ1n) is 3.00. The Morgan fingerprint density at radius 3 is 2.82 bits per heavy atom. The first-order chi connectivity index (χ1) is 5.27. The van der Waals surface area contributed by atoms with Crippen molar-refractivity contribution in [3.63, 3.8) is 0 Å². The number of nitrogens with two attached hydrogens (primary N) is 1. The number of rotatable bonds is 2. The highest BCUT2D eigenvalue weighted by molar-refractivity contribution is 8.21. The summed E-state index contributed by atoms with van der Waals surface area (Å²) in [4.78, 5) is 0.928. The minimum Gasteiger partial charge on any atom is -0.495 e. The van der Waals surface area contributed by atoms with Crippen molar-refractivity contribution in [2.75, 3.05) is 12.8 Å². The topological polar surface area (TPSA) is 35.2 Å². The van der Waals surface area contributed by atoms with Crippen LogP contribution in [-0.4, -0.2) is 7.11 Å². The Balaban J connectivity index is 3.02. The normalized spacial score (nSPS) is 9.64. The first kappa shape index (κ1) is 8.56. The molecule has 0 unspecified atom stereocenters. The standard InChI is InChI=1S/C7H8ClNOS/c1-10-7-4-5(11-8)2-3-6(7)9/h2-4H,9H2,1H3. The summed E-state index contributed by atoms with van der Waals surface area (Å²) in [6, 6.07) is 5.41. The van der Waals surface area contributed by atoms with Crippen molar-refractivity contribution in [3.05, 3.63) is 18.2 Å². The van der Waals surface area contributed by atoms with E-state index in [1.165, 1.54) is 0 Å². The van der Waals surface area contributed by atoms with Gasteiger partial charge < -0.3 is 10.5 Å². The summed E-state index contributed by atoms with van der Waals surface area (Å²) in [7, 11) is 8.25. The van der Waals surface area contributed by atoms with Gasteiger partial charge in [0.05, 0.1) is 12.8 Å². The molecule has 60 valence electrons. The lowest BCUT2D eigenvalue weighted by Crippen LogP contribution is -1.91. The molecule has 0 aromatic heterocycles. The molecule has 2 N–H and O–H groups in total. The Morgan fingerprint density at radius 2 is 2.27 bits per heavy atom. The van der Waals surface area contributed by atoms with E-state index in [1.54, 1.807) is 19.2 Å². The molecule has 0 aliphatic carbocycles. The van der Waals surface area contributed by atoms with Crippen LogP contribution in [0.25, 0.3) is 0 Å². The second-order valence-electron chi connectivity index (χ2n) is 1.98. The molecule has 0 saturated carbocycles. The number of nitrogen functional groups attached to an aromatic ring is 1. The van der Waals surface area contributed by atoms with Gasteiger partial charge in [-0.2, -0.15) is 0 Å². The molecule has 0 aliphatic heterocycles. The van der Waals surface area contributed by atoms with Crippen LogP contribution in [0.4, 0.5) is 5.69 Å². The van der Waals surface area contributed by atoms with Gasteiger partial charge in [0.2, 0.25) is 0 Å². The molecule has 4 heteroatoms. The molecule has 0 spiro atoms. The summed E-state index contributed by atoms with van der Waals surface area (Å²) in [5.41, 5.74) is 6.20. The lowest BCUT2D eigenvalue weighted by atomic mass is 10.3. The molecule has 0 heterocycles. The molecule has 1 rings (SSSR count). The van der Waals surface area contributed by atoms with E-state index in [1.807, 2.05) is 6.07 Å². The van der Waals surface area contributed by atoms with E-state index < -0.39 is 0 Å². The van der Waals surface area contributed by atoms with Crippen LogP contribution in [0.3, 0.4) is 0 Å². The zero-order valence-corrected chi connectivity index (χ0v) is 7.58. The highest BCUT2D eigenvalue weighted by atomic mass is 35.7. The third kappa shape index (κ3) is 1.94. The molecular formula is C7H8ClNOS. The summed E-state index contributed by atoms with van der Waals surface area (Å²) in [6.07, 6.45) is 0. The van der Waals surface area contributed by atoms with E-state index in [4.69, 9.17) is 21.2 Å². The Bertz CT molecular complexity index is 254. The number of halogens is 1. The zero-order chi connectivity index (χ0) is 8.27. The molecule has 2 nitrogen and oxygen atoms in total. The number of hydrogen-bond donors (Lipinski definition) is 1. The van der Waals surface area contributed by atoms with Gasteiger partial charge in [-0.25, -0.2) is 0 Å². The quantitative estimate of drug-likeness (QED) is 0.727. The molecule has 0 radical (unpaired) electrons. The average molecular weight is 190 g/mol. The van der Waals surface area contributed by atoms with Crippen molar-refractivity contribution in [2.45, 2.75) is 4.90 Å². The fourth-order valence-electron chi connectivity index (χ4n) is 0.739. The Morgan fingerprint density at radius 1 is 1.55 bits per heavy atom. The summed E-state index contributed by atoms with van der Waals surface area (Å²) in [6.45, 7) is 0. The van der Waals surface area contributed by atoms with Crippen molar-refractivity contribution in [1.82, 2.24) is 0 Å². The molecule has 1 aromatic rings. The summed E-state index contributed by atoms with van der Waals surface area (Å²) in [5.74, 6) is 0.663. The van der Waals surface area contributed by atoms with Gasteiger partial charge in [-0.15, -0.1) is 0 Å². The summed E-state index contributed by atoms with van der Waals surface area (Å²) >= 11 is 0. The van der Waals surface area contributed by atoms with Gasteiger partial charge in [-0.05, 0) is 39.9 Å². The van der Waals surface area contributed by atoms with E-state index >= 15 is 0 Å². The maximum Gasteiger partial charge on any atom is 0.142 e. The number of anilines is 1. The monoisotopic (exact) mass is 189 g/mol. The SMILES string of the molecule is COc1cc(SCl)ccc1N. The molecular weight excluding hydrogens is 182 g/mol. The van der Waals surface area contributed by atoms with Gasteiger partial charge in [0.1, 0.15) is 5.75 Å². The molecule has 0 fully saturated rings. The van der Waals surface area contributed by atoms with Gasteiger partial charge in [0.15, 0.2) is 0 Å². The molecule has 0 saturated heterocycles. The van der Waals surface area contributed by atoms with Gasteiger partial charge in [-0.1, -0.05) is 0 Å². The van der Waals surface area contributed by atoms with Crippen LogP contribution >= 0.6 is 21.7 Å². The summed E-state index contributed by atoms with van der Waals surface area (Å²) in [5, 5.41) is 0. The lowest BCUT2D eigenvalue weighted by molar-refractivity contribution is 0.416. The minimum absolute atomic E-state index is 0.627. The second kappa shape index (κ2) is 3.74. The van der Waals surface area contributed by atoms with Crippen LogP contribution in [0.2, 0.25) is 0 Å². The highest BCUT2D eigenvalue weighted by Crippen LogP contribution is 2.29. The smallest absolute Gasteiger partial charge is 0.142 e. The average Bonchev–Trinajstić information content (AvgIpc) is 2.05. The zero-order valence-electron chi connectivity index (χ0n) is 6.00. The maximum absolute atomic E-state index is 5.58. The Kier molecular flexibility index (Phi) is 2.91. The second-order valence-corrected chi connectivity index (χ2v) is 3.07. The Hall–Kier alpha value is -0.540. The number of benzene rings is 1. The van der Waals surface area contributed by atoms with E-state index in [2.05, 4.69) is 0 Å². The molecule has 1 aromatic carbocycles. The fraction of sp³-hybridized carbons (Fsp3) is 0.143. The van der Waals surface area contributed by atoms with Crippen molar-refractivity contribution in [1.29, 1.82) is 0 Å². The van der Waals surface area contributed by atoms with Crippen molar-refractivity contribution < 1.29 is 4.74 Å². The maximum atomic E-state index is 5.58. The van der Waals surface area contributed by atoms with E-state index in [-0.39, 0.29) is 0 Å². The van der Waals surface area contributed by atoms with Gasteiger partial charge in [0.25, 0.3) is 0 Å². The van der Waals surface area contributed by atoms with Crippen LogP contribution in [0.1, 0.15) is 0 Å². The molecule has 0 aliphatic rings. The third-order valence-corrected chi connectivity index (χ3v) is 2.26. The predicted octanol–water partition coefficient (Wildman–Crippen LogP) is 2.52. The number of hydrogen-bond acceptors (Lipinski definition) is 3. The van der Waals surface area contributed by atoms with Crippen LogP contribution in [0.5, 0.6) is 5.75 Å². The number of methoxy groups -OCH3 is 1. The van der Waals surface area contributed by atoms with Gasteiger partial charge in [0, 0.05) is 4.90 Å². The largest absolute Gasteiger partial charge is 0.495 e. The van der Waals surface area contributed by atoms with Crippen LogP contribution in [0.15, 0.2) is 23.1 Å². The lowest BCUT2D eigenvalue weighted by Gasteiger charge is -2.04. The molecule has 0 atom stereocenters. The molecule has 11 heavy (non-hydrogen) atoms. The van der Waals surface area contributed by atoms with Crippen molar-refractivity contribution >= 4 is 27.3 Å². The molecule has 0 amide bonds. The number of ether oxygens (including phenoxy) is 1. The van der Waals surface area contributed by atoms with E-state index in [0.717, 1.165) is 15.9 Å². The van der Waals surface area contributed by atoms with Crippen LogP contribution < -0.4 is 10.5 Å². The Labute approximate surface area is 74.2 Å². The predicted molar refractivity (Wildman–Crippen MR) is 49.1 cm³/mol. The first-order valence-corrected chi connectivity index (χ1v) is 4.64. The van der Waals surface area contributed by atoms with Gasteiger partial charge in [-0.3, -0.25) is 0 Å². The van der Waals surface area contributed by atoms with Crippen LogP contribution in [-0.2, 0) is 0 Å². The molecule has 0 bridgehead atoms. The minimum atomic E-state index is 0.627. The summed E-state index contributed by atoms with van der Waals surface area (Å²) < 4.78 is 4.99. The third-order valence-electron chi connectivity index (χ3n) is 1.29. The fourth-order valence-corrected chi connectivity index (χ4v) is 1.30. The van der Waals surface area contributed by atoms with Crippen molar-refractivity contribution in [3.8, 4) is 5.75 Å². The van der Waals surface area contributed by atoms with E-state index in [9.17, 15) is 0 Å². The van der Waals surface area contributed by atoms with E-state index in [0.29, 0.717) is 11.4 Å².